The van der Waals surface area contributed by atoms with Crippen LogP contribution in [0.4, 0.5) is 5.69 Å². The van der Waals surface area contributed by atoms with E-state index in [1.807, 2.05) is 13.0 Å². The summed E-state index contributed by atoms with van der Waals surface area (Å²) >= 11 is 6.05. The minimum Gasteiger partial charge on any atom is -0.354 e. The molecule has 154 valence electrons. The lowest BCUT2D eigenvalue weighted by Crippen LogP contribution is -2.48. The molecule has 2 amide bonds. The Bertz CT molecular complexity index is 888. The summed E-state index contributed by atoms with van der Waals surface area (Å²) in [7, 11) is 0. The topological polar surface area (TPSA) is 92.6 Å². The second-order valence-electron chi connectivity index (χ2n) is 6.68. The lowest BCUT2D eigenvalue weighted by molar-refractivity contribution is -0.385. The van der Waals surface area contributed by atoms with E-state index < -0.39 is 11.0 Å². The summed E-state index contributed by atoms with van der Waals surface area (Å²) in [6.07, 6.45) is 0.597. The average Bonchev–Trinajstić information content (AvgIpc) is 2.69. The SMILES string of the molecule is CCCNC(=O)C(C)N(Cc1cccc(Cl)c1)C(=O)Cc1ccccc1[N+](=O)[O-]. The van der Waals surface area contributed by atoms with Gasteiger partial charge >= 0.3 is 0 Å². The smallest absolute Gasteiger partial charge is 0.273 e. The molecule has 8 heteroatoms. The number of amides is 2. The molecule has 0 fully saturated rings. The summed E-state index contributed by atoms with van der Waals surface area (Å²) in [5.41, 5.74) is 0.954. The molecule has 2 aromatic rings. The third-order valence-corrected chi connectivity index (χ3v) is 4.72. The minimum atomic E-state index is -0.740. The molecule has 29 heavy (non-hydrogen) atoms. The zero-order valence-corrected chi connectivity index (χ0v) is 17.2. The molecule has 0 saturated heterocycles. The van der Waals surface area contributed by atoms with Crippen LogP contribution in [0.5, 0.6) is 0 Å². The summed E-state index contributed by atoms with van der Waals surface area (Å²) in [5.74, 6) is -0.650. The Hall–Kier alpha value is -2.93. The van der Waals surface area contributed by atoms with Gasteiger partial charge in [-0.1, -0.05) is 48.9 Å². The largest absolute Gasteiger partial charge is 0.354 e. The molecular formula is C21H24ClN3O4. The minimum absolute atomic E-state index is 0.119. The second-order valence-corrected chi connectivity index (χ2v) is 7.12. The predicted octanol–water partition coefficient (Wildman–Crippen LogP) is 3.73. The van der Waals surface area contributed by atoms with Crippen molar-refractivity contribution in [2.24, 2.45) is 0 Å². The quantitative estimate of drug-likeness (QED) is 0.497. The van der Waals surface area contributed by atoms with E-state index in [-0.39, 0.29) is 30.5 Å². The fourth-order valence-electron chi connectivity index (χ4n) is 2.91. The van der Waals surface area contributed by atoms with Gasteiger partial charge in [-0.25, -0.2) is 0 Å². The van der Waals surface area contributed by atoms with Gasteiger partial charge < -0.3 is 10.2 Å². The Kier molecular flexibility index (Phi) is 8.15. The summed E-state index contributed by atoms with van der Waals surface area (Å²) in [4.78, 5) is 37.8. The molecule has 1 unspecified atom stereocenters. The van der Waals surface area contributed by atoms with Crippen LogP contribution in [0.3, 0.4) is 0 Å². The van der Waals surface area contributed by atoms with E-state index in [0.29, 0.717) is 17.1 Å². The first-order valence-electron chi connectivity index (χ1n) is 9.37. The third kappa shape index (κ3) is 6.29. The molecule has 0 spiro atoms. The first kappa shape index (κ1) is 22.4. The monoisotopic (exact) mass is 417 g/mol. The van der Waals surface area contributed by atoms with E-state index in [1.165, 1.54) is 11.0 Å². The van der Waals surface area contributed by atoms with Crippen molar-refractivity contribution in [1.29, 1.82) is 0 Å². The number of benzene rings is 2. The van der Waals surface area contributed by atoms with E-state index >= 15 is 0 Å². The molecule has 0 radical (unpaired) electrons. The van der Waals surface area contributed by atoms with Gasteiger partial charge in [0.15, 0.2) is 0 Å². The molecule has 0 aliphatic rings. The van der Waals surface area contributed by atoms with Crippen LogP contribution in [0.25, 0.3) is 0 Å². The number of nitro benzene ring substituents is 1. The van der Waals surface area contributed by atoms with E-state index in [2.05, 4.69) is 5.32 Å². The second kappa shape index (κ2) is 10.6. The van der Waals surface area contributed by atoms with Gasteiger partial charge in [0.05, 0.1) is 11.3 Å². The van der Waals surface area contributed by atoms with Crippen molar-refractivity contribution in [3.63, 3.8) is 0 Å². The maximum absolute atomic E-state index is 13.1. The zero-order valence-electron chi connectivity index (χ0n) is 16.4. The van der Waals surface area contributed by atoms with Crippen molar-refractivity contribution in [3.05, 3.63) is 74.8 Å². The van der Waals surface area contributed by atoms with Gasteiger partial charge in [0.2, 0.25) is 11.8 Å². The summed E-state index contributed by atoms with van der Waals surface area (Å²) in [6.45, 7) is 4.26. The molecular weight excluding hydrogens is 394 g/mol. The number of carbonyl (C=O) groups is 2. The van der Waals surface area contributed by atoms with Gasteiger partial charge in [-0.2, -0.15) is 0 Å². The number of halogens is 1. The van der Waals surface area contributed by atoms with Gasteiger partial charge in [-0.05, 0) is 31.0 Å². The normalized spacial score (nSPS) is 11.6. The van der Waals surface area contributed by atoms with Crippen LogP contribution < -0.4 is 5.32 Å². The summed E-state index contributed by atoms with van der Waals surface area (Å²) in [5, 5.41) is 14.6. The Labute approximate surface area is 174 Å². The van der Waals surface area contributed by atoms with Gasteiger partial charge in [0, 0.05) is 29.7 Å². The summed E-state index contributed by atoms with van der Waals surface area (Å²) < 4.78 is 0. The number of nitrogens with one attached hydrogen (secondary N) is 1. The van der Waals surface area contributed by atoms with Crippen LogP contribution in [-0.4, -0.2) is 34.2 Å². The van der Waals surface area contributed by atoms with E-state index in [1.54, 1.807) is 43.3 Å². The molecule has 0 aromatic heterocycles. The molecule has 0 bridgehead atoms. The van der Waals surface area contributed by atoms with Crippen molar-refractivity contribution in [3.8, 4) is 0 Å². The van der Waals surface area contributed by atoms with E-state index in [4.69, 9.17) is 11.6 Å². The molecule has 1 N–H and O–H groups in total. The lowest BCUT2D eigenvalue weighted by Gasteiger charge is -2.29. The standard InChI is InChI=1S/C21H24ClN3O4/c1-3-11-23-21(27)15(2)24(14-16-7-6-9-18(22)12-16)20(26)13-17-8-4-5-10-19(17)25(28)29/h4-10,12,15H,3,11,13-14H2,1-2H3,(H,23,27). The van der Waals surface area contributed by atoms with Crippen LogP contribution in [0.15, 0.2) is 48.5 Å². The lowest BCUT2D eigenvalue weighted by atomic mass is 10.1. The third-order valence-electron chi connectivity index (χ3n) is 4.49. The average molecular weight is 418 g/mol. The number of para-hydroxylation sites is 1. The Balaban J connectivity index is 2.29. The van der Waals surface area contributed by atoms with Crippen molar-refractivity contribution in [1.82, 2.24) is 10.2 Å². The van der Waals surface area contributed by atoms with Gasteiger partial charge in [0.25, 0.3) is 5.69 Å². The van der Waals surface area contributed by atoms with Crippen molar-refractivity contribution < 1.29 is 14.5 Å². The van der Waals surface area contributed by atoms with Crippen molar-refractivity contribution in [2.75, 3.05) is 6.54 Å². The first-order chi connectivity index (χ1) is 13.8. The molecule has 0 heterocycles. The van der Waals surface area contributed by atoms with Gasteiger partial charge in [-0.15, -0.1) is 0 Å². The molecule has 0 saturated carbocycles. The van der Waals surface area contributed by atoms with Crippen molar-refractivity contribution >= 4 is 29.1 Å². The Morgan fingerprint density at radius 1 is 1.21 bits per heavy atom. The van der Waals surface area contributed by atoms with Crippen LogP contribution in [0.2, 0.25) is 5.02 Å². The maximum atomic E-state index is 13.1. The van der Waals surface area contributed by atoms with Gasteiger partial charge in [-0.3, -0.25) is 19.7 Å². The van der Waals surface area contributed by atoms with Crippen molar-refractivity contribution in [2.45, 2.75) is 39.3 Å². The number of rotatable bonds is 9. The summed E-state index contributed by atoms with van der Waals surface area (Å²) in [6, 6.07) is 12.4. The number of nitrogens with zero attached hydrogens (tertiary/aromatic N) is 2. The highest BCUT2D eigenvalue weighted by Crippen LogP contribution is 2.21. The molecule has 7 nitrogen and oxygen atoms in total. The van der Waals surface area contributed by atoms with Gasteiger partial charge in [0.1, 0.15) is 6.04 Å². The van der Waals surface area contributed by atoms with Crippen LogP contribution in [-0.2, 0) is 22.6 Å². The first-order valence-corrected chi connectivity index (χ1v) is 9.75. The highest BCUT2D eigenvalue weighted by atomic mass is 35.5. The fraction of sp³-hybridized carbons (Fsp3) is 0.333. The predicted molar refractivity (Wildman–Crippen MR) is 112 cm³/mol. The number of hydrogen-bond donors (Lipinski definition) is 1. The van der Waals surface area contributed by atoms with E-state index in [9.17, 15) is 19.7 Å². The highest BCUT2D eigenvalue weighted by molar-refractivity contribution is 6.30. The van der Waals surface area contributed by atoms with E-state index in [0.717, 1.165) is 12.0 Å². The molecule has 0 aliphatic carbocycles. The van der Waals surface area contributed by atoms with Crippen LogP contribution in [0.1, 0.15) is 31.4 Å². The number of hydrogen-bond acceptors (Lipinski definition) is 4. The Morgan fingerprint density at radius 2 is 1.93 bits per heavy atom. The zero-order chi connectivity index (χ0) is 21.4. The molecule has 2 aromatic carbocycles. The highest BCUT2D eigenvalue weighted by Gasteiger charge is 2.27. The Morgan fingerprint density at radius 3 is 2.59 bits per heavy atom. The molecule has 2 rings (SSSR count). The number of nitro groups is 1. The molecule has 0 aliphatic heterocycles. The van der Waals surface area contributed by atoms with Crippen LogP contribution >= 0.6 is 11.6 Å². The fourth-order valence-corrected chi connectivity index (χ4v) is 3.13. The van der Waals surface area contributed by atoms with Crippen LogP contribution in [0, 0.1) is 10.1 Å². The maximum Gasteiger partial charge on any atom is 0.273 e. The number of carbonyl (C=O) groups excluding carboxylic acids is 2. The molecule has 1 atom stereocenters.